The van der Waals surface area contributed by atoms with Crippen LogP contribution in [0.5, 0.6) is 0 Å². The first-order chi connectivity index (χ1) is 9.27. The lowest BCUT2D eigenvalue weighted by atomic mass is 9.91. The van der Waals surface area contributed by atoms with Gasteiger partial charge in [-0.25, -0.2) is 0 Å². The molecule has 1 nitrogen and oxygen atoms in total. The lowest BCUT2D eigenvalue weighted by molar-refractivity contribution is 0.383. The zero-order chi connectivity index (χ0) is 13.8. The molecule has 0 aromatic heterocycles. The van der Waals surface area contributed by atoms with Gasteiger partial charge in [-0.05, 0) is 19.3 Å². The number of nitrogens with two attached hydrogens (primary N) is 1. The van der Waals surface area contributed by atoms with Crippen LogP contribution in [-0.2, 0) is 0 Å². The Kier molecular flexibility index (Phi) is 9.59. The molecule has 1 aliphatic rings. The van der Waals surface area contributed by atoms with E-state index in [9.17, 15) is 0 Å². The average molecular weight is 268 g/mol. The molecule has 1 heteroatoms. The van der Waals surface area contributed by atoms with Crippen molar-refractivity contribution in [2.75, 3.05) is 0 Å². The van der Waals surface area contributed by atoms with Crippen LogP contribution >= 0.6 is 0 Å². The Balaban J connectivity index is 1.76. The zero-order valence-electron chi connectivity index (χ0n) is 13.4. The first kappa shape index (κ1) is 17.0. The van der Waals surface area contributed by atoms with Gasteiger partial charge in [0.05, 0.1) is 0 Å². The molecule has 114 valence electrons. The SMILES string of the molecule is CCCCCCCCCCCCCC1(N)CCCC1. The highest BCUT2D eigenvalue weighted by Gasteiger charge is 2.28. The van der Waals surface area contributed by atoms with Crippen LogP contribution in [0.3, 0.4) is 0 Å². The van der Waals surface area contributed by atoms with E-state index < -0.39 is 0 Å². The van der Waals surface area contributed by atoms with E-state index >= 15 is 0 Å². The molecule has 0 heterocycles. The highest BCUT2D eigenvalue weighted by atomic mass is 14.7. The Labute approximate surface area is 121 Å². The van der Waals surface area contributed by atoms with Crippen molar-refractivity contribution in [1.29, 1.82) is 0 Å². The second kappa shape index (κ2) is 10.7. The van der Waals surface area contributed by atoms with Gasteiger partial charge in [-0.15, -0.1) is 0 Å². The van der Waals surface area contributed by atoms with Crippen LogP contribution in [0.2, 0.25) is 0 Å². The van der Waals surface area contributed by atoms with Crippen molar-refractivity contribution < 1.29 is 0 Å². The van der Waals surface area contributed by atoms with Gasteiger partial charge >= 0.3 is 0 Å². The van der Waals surface area contributed by atoms with E-state index in [4.69, 9.17) is 5.73 Å². The summed E-state index contributed by atoms with van der Waals surface area (Å²) >= 11 is 0. The molecule has 0 bridgehead atoms. The summed E-state index contributed by atoms with van der Waals surface area (Å²) < 4.78 is 0. The fourth-order valence-corrected chi connectivity index (χ4v) is 3.47. The maximum absolute atomic E-state index is 6.38. The molecule has 0 aliphatic heterocycles. The fraction of sp³-hybridized carbons (Fsp3) is 1.00. The largest absolute Gasteiger partial charge is 0.325 e. The smallest absolute Gasteiger partial charge is 0.0154 e. The lowest BCUT2D eigenvalue weighted by Gasteiger charge is -2.23. The molecule has 0 aromatic rings. The standard InChI is InChI=1S/C18H37N/c1-2-3-4-5-6-7-8-9-10-11-12-15-18(19)16-13-14-17-18/h2-17,19H2,1H3. The van der Waals surface area contributed by atoms with Crippen LogP contribution in [0.4, 0.5) is 0 Å². The third-order valence-corrected chi connectivity index (χ3v) is 4.88. The Hall–Kier alpha value is -0.0400. The maximum atomic E-state index is 6.38. The number of hydrogen-bond acceptors (Lipinski definition) is 1. The first-order valence-electron chi connectivity index (χ1n) is 9.06. The predicted octanol–water partition coefficient (Wildman–Crippen LogP) is 5.96. The van der Waals surface area contributed by atoms with Gasteiger partial charge in [-0.2, -0.15) is 0 Å². The van der Waals surface area contributed by atoms with Crippen LogP contribution in [0, 0.1) is 0 Å². The normalized spacial score (nSPS) is 18.0. The Morgan fingerprint density at radius 3 is 1.58 bits per heavy atom. The van der Waals surface area contributed by atoms with E-state index in [0.29, 0.717) is 0 Å². The molecule has 0 radical (unpaired) electrons. The summed E-state index contributed by atoms with van der Waals surface area (Å²) in [5, 5.41) is 0. The van der Waals surface area contributed by atoms with Gasteiger partial charge in [-0.1, -0.05) is 90.4 Å². The van der Waals surface area contributed by atoms with Crippen molar-refractivity contribution in [3.05, 3.63) is 0 Å². The van der Waals surface area contributed by atoms with E-state index in [1.54, 1.807) is 0 Å². The topological polar surface area (TPSA) is 26.0 Å². The highest BCUT2D eigenvalue weighted by Crippen LogP contribution is 2.31. The molecule has 0 spiro atoms. The van der Waals surface area contributed by atoms with Crippen molar-refractivity contribution in [1.82, 2.24) is 0 Å². The second-order valence-corrected chi connectivity index (χ2v) is 6.86. The zero-order valence-corrected chi connectivity index (χ0v) is 13.4. The Bertz CT molecular complexity index is 194. The minimum absolute atomic E-state index is 0.235. The predicted molar refractivity (Wildman–Crippen MR) is 86.5 cm³/mol. The van der Waals surface area contributed by atoms with Gasteiger partial charge in [0.2, 0.25) is 0 Å². The van der Waals surface area contributed by atoms with E-state index in [1.165, 1.54) is 103 Å². The molecule has 1 fully saturated rings. The van der Waals surface area contributed by atoms with Crippen molar-refractivity contribution in [2.45, 2.75) is 115 Å². The Morgan fingerprint density at radius 1 is 0.684 bits per heavy atom. The Morgan fingerprint density at radius 2 is 1.11 bits per heavy atom. The molecular formula is C18H37N. The first-order valence-corrected chi connectivity index (χ1v) is 9.06. The summed E-state index contributed by atoms with van der Waals surface area (Å²) in [7, 11) is 0. The van der Waals surface area contributed by atoms with Gasteiger partial charge in [0, 0.05) is 5.54 Å². The van der Waals surface area contributed by atoms with Crippen LogP contribution in [0.25, 0.3) is 0 Å². The minimum Gasteiger partial charge on any atom is -0.325 e. The van der Waals surface area contributed by atoms with Crippen LogP contribution < -0.4 is 5.73 Å². The third-order valence-electron chi connectivity index (χ3n) is 4.88. The summed E-state index contributed by atoms with van der Waals surface area (Å²) in [6, 6.07) is 0. The molecule has 2 N–H and O–H groups in total. The number of unbranched alkanes of at least 4 members (excludes halogenated alkanes) is 10. The maximum Gasteiger partial charge on any atom is 0.0154 e. The van der Waals surface area contributed by atoms with E-state index in [1.807, 2.05) is 0 Å². The minimum atomic E-state index is 0.235. The molecule has 0 unspecified atom stereocenters. The summed E-state index contributed by atoms with van der Waals surface area (Å²) in [4.78, 5) is 0. The van der Waals surface area contributed by atoms with Crippen LogP contribution in [0.15, 0.2) is 0 Å². The van der Waals surface area contributed by atoms with Gasteiger partial charge in [0.15, 0.2) is 0 Å². The monoisotopic (exact) mass is 267 g/mol. The summed E-state index contributed by atoms with van der Waals surface area (Å²) in [6.07, 6.45) is 22.3. The molecule has 0 amide bonds. The average Bonchev–Trinajstić information content (AvgIpc) is 2.83. The highest BCUT2D eigenvalue weighted by molar-refractivity contribution is 4.88. The molecule has 0 saturated heterocycles. The van der Waals surface area contributed by atoms with E-state index in [2.05, 4.69) is 6.92 Å². The molecule has 1 aliphatic carbocycles. The van der Waals surface area contributed by atoms with Crippen molar-refractivity contribution in [2.24, 2.45) is 5.73 Å². The van der Waals surface area contributed by atoms with Crippen molar-refractivity contribution in [3.8, 4) is 0 Å². The van der Waals surface area contributed by atoms with Crippen LogP contribution in [0.1, 0.15) is 110 Å². The number of rotatable bonds is 12. The lowest BCUT2D eigenvalue weighted by Crippen LogP contribution is -2.35. The molecule has 1 saturated carbocycles. The van der Waals surface area contributed by atoms with E-state index in [0.717, 1.165) is 0 Å². The third kappa shape index (κ3) is 8.68. The summed E-state index contributed by atoms with van der Waals surface area (Å²) in [6.45, 7) is 2.29. The second-order valence-electron chi connectivity index (χ2n) is 6.86. The van der Waals surface area contributed by atoms with Gasteiger partial charge in [-0.3, -0.25) is 0 Å². The van der Waals surface area contributed by atoms with Gasteiger partial charge in [0.1, 0.15) is 0 Å². The molecule has 0 atom stereocenters. The molecule has 19 heavy (non-hydrogen) atoms. The molecular weight excluding hydrogens is 230 g/mol. The van der Waals surface area contributed by atoms with Crippen LogP contribution in [-0.4, -0.2) is 5.54 Å². The van der Waals surface area contributed by atoms with Crippen molar-refractivity contribution in [3.63, 3.8) is 0 Å². The van der Waals surface area contributed by atoms with Gasteiger partial charge < -0.3 is 5.73 Å². The molecule has 1 rings (SSSR count). The molecule has 0 aromatic carbocycles. The number of hydrogen-bond donors (Lipinski definition) is 1. The summed E-state index contributed by atoms with van der Waals surface area (Å²) in [5.41, 5.74) is 6.61. The quantitative estimate of drug-likeness (QED) is 0.434. The summed E-state index contributed by atoms with van der Waals surface area (Å²) in [5.74, 6) is 0. The van der Waals surface area contributed by atoms with E-state index in [-0.39, 0.29) is 5.54 Å². The fourth-order valence-electron chi connectivity index (χ4n) is 3.47. The van der Waals surface area contributed by atoms with Crippen molar-refractivity contribution >= 4 is 0 Å². The van der Waals surface area contributed by atoms with Gasteiger partial charge in [0.25, 0.3) is 0 Å².